The fourth-order valence-corrected chi connectivity index (χ4v) is 3.76. The second-order valence-electron chi connectivity index (χ2n) is 6.26. The van der Waals surface area contributed by atoms with Crippen molar-refractivity contribution in [3.8, 4) is 11.5 Å². The van der Waals surface area contributed by atoms with E-state index < -0.39 is 0 Å². The maximum atomic E-state index is 13.3. The Labute approximate surface area is 167 Å². The molecular weight excluding hydrogens is 377 g/mol. The summed E-state index contributed by atoms with van der Waals surface area (Å²) >= 11 is 1.56. The number of halogens is 1. The van der Waals surface area contributed by atoms with Gasteiger partial charge < -0.3 is 14.8 Å². The van der Waals surface area contributed by atoms with Crippen LogP contribution in [0.5, 0.6) is 11.5 Å². The highest BCUT2D eigenvalue weighted by atomic mass is 32.1. The Balaban J connectivity index is 1.68. The van der Waals surface area contributed by atoms with Crippen LogP contribution in [0.4, 0.5) is 4.39 Å². The summed E-state index contributed by atoms with van der Waals surface area (Å²) in [5.41, 5.74) is 1.84. The van der Waals surface area contributed by atoms with E-state index in [-0.39, 0.29) is 17.8 Å². The highest BCUT2D eigenvalue weighted by molar-refractivity contribution is 7.10. The molecule has 1 amide bonds. The van der Waals surface area contributed by atoms with Gasteiger partial charge in [-0.05, 0) is 53.3 Å². The molecule has 0 radical (unpaired) electrons. The van der Waals surface area contributed by atoms with E-state index in [4.69, 9.17) is 9.47 Å². The van der Waals surface area contributed by atoms with E-state index in [1.54, 1.807) is 37.7 Å². The Hall–Kier alpha value is -2.86. The average Bonchev–Trinajstić information content (AvgIpc) is 3.25. The summed E-state index contributed by atoms with van der Waals surface area (Å²) in [5, 5.41) is 5.03. The summed E-state index contributed by atoms with van der Waals surface area (Å²) in [6.45, 7) is 0. The Bertz CT molecular complexity index is 910. The van der Waals surface area contributed by atoms with Crippen LogP contribution in [0.3, 0.4) is 0 Å². The topological polar surface area (TPSA) is 47.6 Å². The molecule has 3 aromatic rings. The zero-order chi connectivity index (χ0) is 19.9. The van der Waals surface area contributed by atoms with Gasteiger partial charge in [0.05, 0.1) is 20.3 Å². The zero-order valence-corrected chi connectivity index (χ0v) is 16.6. The lowest BCUT2D eigenvalue weighted by Gasteiger charge is -2.18. The number of hydrogen-bond donors (Lipinski definition) is 1. The van der Waals surface area contributed by atoms with Crippen molar-refractivity contribution in [2.75, 3.05) is 14.2 Å². The SMILES string of the molecule is COc1ccc(CCC(=O)NC(c2ccc(F)cc2)c2cccs2)cc1OC. The number of hydrogen-bond acceptors (Lipinski definition) is 4. The number of rotatable bonds is 8. The van der Waals surface area contributed by atoms with Crippen molar-refractivity contribution < 1.29 is 18.7 Å². The van der Waals surface area contributed by atoms with Crippen LogP contribution >= 0.6 is 11.3 Å². The normalized spacial score (nSPS) is 11.7. The number of methoxy groups -OCH3 is 2. The van der Waals surface area contributed by atoms with Crippen molar-refractivity contribution in [3.05, 3.63) is 81.8 Å². The quantitative estimate of drug-likeness (QED) is 0.595. The van der Waals surface area contributed by atoms with E-state index in [1.165, 1.54) is 12.1 Å². The van der Waals surface area contributed by atoms with Crippen LogP contribution in [0.2, 0.25) is 0 Å². The first kappa shape index (κ1) is 19.9. The van der Waals surface area contributed by atoms with Crippen LogP contribution in [0.1, 0.15) is 28.5 Å². The lowest BCUT2D eigenvalue weighted by Crippen LogP contribution is -2.29. The van der Waals surface area contributed by atoms with Gasteiger partial charge in [0.15, 0.2) is 11.5 Å². The molecule has 0 aliphatic carbocycles. The fourth-order valence-electron chi connectivity index (χ4n) is 2.96. The van der Waals surface area contributed by atoms with Gasteiger partial charge in [0.25, 0.3) is 0 Å². The number of carbonyl (C=O) groups is 1. The van der Waals surface area contributed by atoms with Gasteiger partial charge in [-0.15, -0.1) is 11.3 Å². The Kier molecular flexibility index (Phi) is 6.66. The summed E-state index contributed by atoms with van der Waals surface area (Å²) < 4.78 is 23.8. The molecule has 1 N–H and O–H groups in total. The smallest absolute Gasteiger partial charge is 0.221 e. The van der Waals surface area contributed by atoms with E-state index in [0.29, 0.717) is 24.3 Å². The average molecular weight is 399 g/mol. The molecule has 0 aliphatic heterocycles. The molecule has 2 aromatic carbocycles. The Morgan fingerprint density at radius 2 is 1.82 bits per heavy atom. The highest BCUT2D eigenvalue weighted by Gasteiger charge is 2.18. The maximum Gasteiger partial charge on any atom is 0.221 e. The number of aryl methyl sites for hydroxylation is 1. The van der Waals surface area contributed by atoms with Gasteiger partial charge in [0, 0.05) is 11.3 Å². The molecule has 1 heterocycles. The predicted octanol–water partition coefficient (Wildman–Crippen LogP) is 4.74. The summed E-state index contributed by atoms with van der Waals surface area (Å²) in [6, 6.07) is 15.5. The van der Waals surface area contributed by atoms with Crippen LogP contribution in [-0.2, 0) is 11.2 Å². The van der Waals surface area contributed by atoms with E-state index in [1.807, 2.05) is 35.7 Å². The van der Waals surface area contributed by atoms with E-state index in [0.717, 1.165) is 16.0 Å². The largest absolute Gasteiger partial charge is 0.493 e. The number of benzene rings is 2. The molecule has 1 unspecified atom stereocenters. The van der Waals surface area contributed by atoms with Gasteiger partial charge in [0.2, 0.25) is 5.91 Å². The first-order valence-corrected chi connectivity index (χ1v) is 9.78. The molecule has 0 saturated carbocycles. The second-order valence-corrected chi connectivity index (χ2v) is 7.24. The van der Waals surface area contributed by atoms with Crippen LogP contribution in [0.15, 0.2) is 60.0 Å². The monoisotopic (exact) mass is 399 g/mol. The molecule has 0 saturated heterocycles. The van der Waals surface area contributed by atoms with E-state index in [9.17, 15) is 9.18 Å². The summed E-state index contributed by atoms with van der Waals surface area (Å²) in [4.78, 5) is 13.6. The number of nitrogens with one attached hydrogen (secondary N) is 1. The van der Waals surface area contributed by atoms with Crippen molar-refractivity contribution >= 4 is 17.2 Å². The van der Waals surface area contributed by atoms with Crippen LogP contribution < -0.4 is 14.8 Å². The van der Waals surface area contributed by atoms with Crippen molar-refractivity contribution in [1.29, 1.82) is 0 Å². The van der Waals surface area contributed by atoms with Crippen LogP contribution in [-0.4, -0.2) is 20.1 Å². The van der Waals surface area contributed by atoms with Gasteiger partial charge in [-0.3, -0.25) is 4.79 Å². The third kappa shape index (κ3) is 4.89. The molecule has 3 rings (SSSR count). The molecule has 28 heavy (non-hydrogen) atoms. The Morgan fingerprint density at radius 1 is 1.07 bits per heavy atom. The standard InChI is InChI=1S/C22H22FNO3S/c1-26-18-11-5-15(14-19(18)27-2)6-12-21(25)24-22(20-4-3-13-28-20)16-7-9-17(23)10-8-16/h3-5,7-11,13-14,22H,6,12H2,1-2H3,(H,24,25). The second kappa shape index (κ2) is 9.37. The van der Waals surface area contributed by atoms with E-state index >= 15 is 0 Å². The minimum atomic E-state index is -0.298. The Morgan fingerprint density at radius 3 is 2.46 bits per heavy atom. The molecule has 0 spiro atoms. The molecular formula is C22H22FNO3S. The van der Waals surface area contributed by atoms with Gasteiger partial charge in [-0.1, -0.05) is 24.3 Å². The molecule has 4 nitrogen and oxygen atoms in total. The van der Waals surface area contributed by atoms with Gasteiger partial charge in [-0.2, -0.15) is 0 Å². The zero-order valence-electron chi connectivity index (χ0n) is 15.8. The first-order chi connectivity index (χ1) is 13.6. The number of thiophene rings is 1. The summed E-state index contributed by atoms with van der Waals surface area (Å²) in [6.07, 6.45) is 0.908. The maximum absolute atomic E-state index is 13.3. The summed E-state index contributed by atoms with van der Waals surface area (Å²) in [7, 11) is 3.17. The summed E-state index contributed by atoms with van der Waals surface area (Å²) in [5.74, 6) is 0.930. The number of ether oxygens (including phenoxy) is 2. The molecule has 1 atom stereocenters. The van der Waals surface area contributed by atoms with Gasteiger partial charge in [-0.25, -0.2) is 4.39 Å². The lowest BCUT2D eigenvalue weighted by atomic mass is 10.0. The van der Waals surface area contributed by atoms with Crippen molar-refractivity contribution in [2.24, 2.45) is 0 Å². The lowest BCUT2D eigenvalue weighted by molar-refractivity contribution is -0.121. The van der Waals surface area contributed by atoms with Crippen molar-refractivity contribution in [2.45, 2.75) is 18.9 Å². The number of carbonyl (C=O) groups excluding carboxylic acids is 1. The third-order valence-electron chi connectivity index (χ3n) is 4.43. The highest BCUT2D eigenvalue weighted by Crippen LogP contribution is 2.29. The van der Waals surface area contributed by atoms with E-state index in [2.05, 4.69) is 5.32 Å². The first-order valence-electron chi connectivity index (χ1n) is 8.90. The third-order valence-corrected chi connectivity index (χ3v) is 5.36. The van der Waals surface area contributed by atoms with Gasteiger partial charge in [0.1, 0.15) is 5.82 Å². The molecule has 1 aromatic heterocycles. The van der Waals surface area contributed by atoms with Crippen molar-refractivity contribution in [3.63, 3.8) is 0 Å². The molecule has 0 fully saturated rings. The molecule has 6 heteroatoms. The fraction of sp³-hybridized carbons (Fsp3) is 0.227. The van der Waals surface area contributed by atoms with Crippen molar-refractivity contribution in [1.82, 2.24) is 5.32 Å². The van der Waals surface area contributed by atoms with Gasteiger partial charge >= 0.3 is 0 Å². The minimum absolute atomic E-state index is 0.0718. The minimum Gasteiger partial charge on any atom is -0.493 e. The molecule has 0 bridgehead atoms. The number of amides is 1. The van der Waals surface area contributed by atoms with Crippen LogP contribution in [0.25, 0.3) is 0 Å². The predicted molar refractivity (Wildman–Crippen MR) is 109 cm³/mol. The van der Waals surface area contributed by atoms with Crippen LogP contribution in [0, 0.1) is 5.82 Å². The molecule has 146 valence electrons. The molecule has 0 aliphatic rings.